The number of aryl methyl sites for hydroxylation is 3. The van der Waals surface area contributed by atoms with E-state index in [2.05, 4.69) is 243 Å². The molecule has 4 nitrogen and oxygen atoms in total. The van der Waals surface area contributed by atoms with E-state index in [0.717, 1.165) is 34.0 Å². The largest absolute Gasteiger partial charge is 0.454 e. The van der Waals surface area contributed by atoms with Crippen LogP contribution in [0.2, 0.25) is 0 Å². The summed E-state index contributed by atoms with van der Waals surface area (Å²) in [6, 6.07) is 58.2. The van der Waals surface area contributed by atoms with E-state index in [1.807, 2.05) is 0 Å². The van der Waals surface area contributed by atoms with Gasteiger partial charge in [0.25, 0.3) is 6.71 Å². The molecule has 3 aliphatic heterocycles. The molecule has 13 rings (SSSR count). The lowest BCUT2D eigenvalue weighted by atomic mass is 9.33. The smallest absolute Gasteiger partial charge is 0.252 e. The van der Waals surface area contributed by atoms with Gasteiger partial charge in [0.2, 0.25) is 0 Å². The highest BCUT2D eigenvalue weighted by Crippen LogP contribution is 2.62. The van der Waals surface area contributed by atoms with Crippen LogP contribution in [0, 0.1) is 20.8 Å². The number of hydrogen-bond donors (Lipinski definition) is 0. The molecule has 2 unspecified atom stereocenters. The van der Waals surface area contributed by atoms with E-state index in [0.29, 0.717) is 0 Å². The van der Waals surface area contributed by atoms with Crippen LogP contribution in [-0.4, -0.2) is 12.3 Å². The van der Waals surface area contributed by atoms with Crippen molar-refractivity contribution in [1.82, 2.24) is 0 Å². The van der Waals surface area contributed by atoms with Gasteiger partial charge in [0.15, 0.2) is 5.58 Å². The fourth-order valence-electron chi connectivity index (χ4n) is 14.0. The fraction of sp³-hybridized carbons (Fsp3) is 0.284. The molecule has 358 valence electrons. The summed E-state index contributed by atoms with van der Waals surface area (Å²) in [4.78, 5) is 7.99. The zero-order valence-corrected chi connectivity index (χ0v) is 44.1. The minimum Gasteiger partial charge on any atom is -0.454 e. The third-order valence-corrected chi connectivity index (χ3v) is 17.7. The van der Waals surface area contributed by atoms with Crippen molar-refractivity contribution < 1.29 is 4.42 Å². The Bertz CT molecular complexity index is 3720. The summed E-state index contributed by atoms with van der Waals surface area (Å²) in [7, 11) is 0. The molecule has 4 heterocycles. The summed E-state index contributed by atoms with van der Waals surface area (Å²) in [6.45, 7) is 26.1. The Hall–Kier alpha value is -6.98. The fourth-order valence-corrected chi connectivity index (χ4v) is 14.0. The van der Waals surface area contributed by atoms with E-state index in [4.69, 9.17) is 4.42 Å². The van der Waals surface area contributed by atoms with Gasteiger partial charge in [0, 0.05) is 55.9 Å². The second-order valence-electron chi connectivity index (χ2n) is 24.3. The maximum atomic E-state index is 6.92. The molecule has 0 spiro atoms. The molecule has 0 amide bonds. The molecule has 8 aromatic carbocycles. The first kappa shape index (κ1) is 44.9. The van der Waals surface area contributed by atoms with Crippen LogP contribution in [0.4, 0.5) is 45.5 Å². The van der Waals surface area contributed by atoms with E-state index in [9.17, 15) is 0 Å². The lowest BCUT2D eigenvalue weighted by molar-refractivity contribution is 0.194. The zero-order chi connectivity index (χ0) is 49.8. The maximum Gasteiger partial charge on any atom is 0.252 e. The molecule has 9 aromatic rings. The van der Waals surface area contributed by atoms with E-state index in [-0.39, 0.29) is 28.5 Å². The number of nitrogens with zero attached hydrogens (tertiary/aromatic N) is 3. The molecule has 0 saturated heterocycles. The van der Waals surface area contributed by atoms with Crippen molar-refractivity contribution in [2.45, 2.75) is 124 Å². The summed E-state index contributed by atoms with van der Waals surface area (Å²) in [5.74, 6) is 0. The number of furan rings is 1. The summed E-state index contributed by atoms with van der Waals surface area (Å²) in [5, 5.41) is 2.26. The molecule has 5 heteroatoms. The minimum atomic E-state index is -0.0949. The Morgan fingerprint density at radius 2 is 1.15 bits per heavy atom. The lowest BCUT2D eigenvalue weighted by Crippen LogP contribution is -2.61. The standard InChI is InChI=1S/C67H66BN3O/c1-41-34-43(3)61-57(35-41)71(67(11)33-18-17-32-66(61,67)10)47-28-29-51-56(40-47)69(53-30-26-45(64(4,5)6)38-50(53)44-20-13-12-14-21-44)58-36-42(2)37-59-62(58)68(51)52-39-46(65(7,8)9)27-31-54(52)70(59)55-24-19-23-49-48-22-15-16-25-60(48)72-63(49)55/h12-16,19-31,34-40H,17-18,32-33H2,1-11H3. The normalized spacial score (nSPS) is 19.1. The van der Waals surface area contributed by atoms with E-state index < -0.39 is 0 Å². The SMILES string of the molecule is Cc1cc2c3c(c1)N(c1cccc4c1oc1ccccc14)c1ccc(C(C)(C)C)cc1B3c1ccc(N3c4cc(C)cc(C)c4C4(C)CCCCC34C)cc1N2c1ccc(C(C)(C)C)cc1-c1ccccc1. The molecular formula is C67H66BN3O. The molecule has 4 aliphatic rings. The summed E-state index contributed by atoms with van der Waals surface area (Å²) in [6.07, 6.45) is 4.83. The van der Waals surface area contributed by atoms with Crippen molar-refractivity contribution in [2.75, 3.05) is 14.7 Å². The van der Waals surface area contributed by atoms with Gasteiger partial charge in [-0.15, -0.1) is 0 Å². The third-order valence-electron chi connectivity index (χ3n) is 17.7. The number of benzene rings is 8. The molecule has 72 heavy (non-hydrogen) atoms. The van der Waals surface area contributed by atoms with Crippen LogP contribution in [-0.2, 0) is 16.2 Å². The van der Waals surface area contributed by atoms with Gasteiger partial charge >= 0.3 is 0 Å². The molecular weight excluding hydrogens is 874 g/mol. The zero-order valence-electron chi connectivity index (χ0n) is 44.1. The molecule has 0 N–H and O–H groups in total. The van der Waals surface area contributed by atoms with Crippen molar-refractivity contribution in [3.8, 4) is 11.1 Å². The average Bonchev–Trinajstić information content (AvgIpc) is 3.83. The van der Waals surface area contributed by atoms with E-state index in [1.54, 1.807) is 0 Å². The van der Waals surface area contributed by atoms with Crippen LogP contribution in [0.15, 0.2) is 156 Å². The van der Waals surface area contributed by atoms with Crippen LogP contribution in [0.3, 0.4) is 0 Å². The number of hydrogen-bond acceptors (Lipinski definition) is 4. The van der Waals surface area contributed by atoms with Crippen molar-refractivity contribution >= 4 is 90.5 Å². The molecule has 0 radical (unpaired) electrons. The quantitative estimate of drug-likeness (QED) is 0.164. The van der Waals surface area contributed by atoms with Crippen LogP contribution >= 0.6 is 0 Å². The van der Waals surface area contributed by atoms with Crippen molar-refractivity contribution in [3.63, 3.8) is 0 Å². The first-order chi connectivity index (χ1) is 34.4. The van der Waals surface area contributed by atoms with Crippen molar-refractivity contribution in [1.29, 1.82) is 0 Å². The molecule has 1 aliphatic carbocycles. The van der Waals surface area contributed by atoms with Gasteiger partial charge in [-0.1, -0.05) is 152 Å². The van der Waals surface area contributed by atoms with Gasteiger partial charge in [0.05, 0.1) is 16.9 Å². The monoisotopic (exact) mass is 940 g/mol. The van der Waals surface area contributed by atoms with Gasteiger partial charge in [-0.2, -0.15) is 0 Å². The average molecular weight is 940 g/mol. The second kappa shape index (κ2) is 15.5. The van der Waals surface area contributed by atoms with Crippen LogP contribution < -0.4 is 31.1 Å². The lowest BCUT2D eigenvalue weighted by Gasteiger charge is -2.51. The molecule has 0 bridgehead atoms. The first-order valence-corrected chi connectivity index (χ1v) is 26.5. The maximum absolute atomic E-state index is 6.92. The third kappa shape index (κ3) is 6.37. The van der Waals surface area contributed by atoms with E-state index in [1.165, 1.54) is 120 Å². The second-order valence-corrected chi connectivity index (χ2v) is 24.3. The highest BCUT2D eigenvalue weighted by molar-refractivity contribution is 7.00. The number of fused-ring (bicyclic) bond motifs is 10. The molecule has 1 saturated carbocycles. The Morgan fingerprint density at radius 1 is 0.514 bits per heavy atom. The predicted molar refractivity (Wildman–Crippen MR) is 308 cm³/mol. The van der Waals surface area contributed by atoms with Gasteiger partial charge in [-0.3, -0.25) is 0 Å². The summed E-state index contributed by atoms with van der Waals surface area (Å²) < 4.78 is 6.92. The van der Waals surface area contributed by atoms with E-state index >= 15 is 0 Å². The minimum absolute atomic E-state index is 0.0215. The van der Waals surface area contributed by atoms with Gasteiger partial charge in [-0.05, 0) is 167 Å². The topological polar surface area (TPSA) is 22.9 Å². The highest BCUT2D eigenvalue weighted by Gasteiger charge is 2.58. The Morgan fingerprint density at radius 3 is 1.90 bits per heavy atom. The van der Waals surface area contributed by atoms with Crippen molar-refractivity contribution in [3.05, 3.63) is 185 Å². The van der Waals surface area contributed by atoms with Gasteiger partial charge in [-0.25, -0.2) is 0 Å². The molecule has 1 fully saturated rings. The molecule has 1 aromatic heterocycles. The van der Waals surface area contributed by atoms with Gasteiger partial charge < -0.3 is 19.1 Å². The Labute approximate surface area is 427 Å². The number of para-hydroxylation sites is 2. The summed E-state index contributed by atoms with van der Waals surface area (Å²) >= 11 is 0. The van der Waals surface area contributed by atoms with Gasteiger partial charge in [0.1, 0.15) is 5.58 Å². The van der Waals surface area contributed by atoms with Crippen molar-refractivity contribution in [2.24, 2.45) is 0 Å². The predicted octanol–water partition coefficient (Wildman–Crippen LogP) is 16.6. The first-order valence-electron chi connectivity index (χ1n) is 26.5. The van der Waals surface area contributed by atoms with Crippen LogP contribution in [0.1, 0.15) is 114 Å². The number of rotatable bonds is 4. The van der Waals surface area contributed by atoms with Crippen LogP contribution in [0.25, 0.3) is 33.1 Å². The Kier molecular flexibility index (Phi) is 9.68. The van der Waals surface area contributed by atoms with Crippen LogP contribution in [0.5, 0.6) is 0 Å². The summed E-state index contributed by atoms with van der Waals surface area (Å²) in [5.41, 5.74) is 25.9. The Balaban J connectivity index is 1.14. The highest BCUT2D eigenvalue weighted by atomic mass is 16.3. The molecule has 2 atom stereocenters. The number of anilines is 8.